The van der Waals surface area contributed by atoms with E-state index in [-0.39, 0.29) is 6.42 Å². The van der Waals surface area contributed by atoms with Crippen molar-refractivity contribution in [2.24, 2.45) is 0 Å². The van der Waals surface area contributed by atoms with Crippen molar-refractivity contribution in [1.82, 2.24) is 0 Å². The van der Waals surface area contributed by atoms with Crippen molar-refractivity contribution in [3.8, 4) is 0 Å². The zero-order chi connectivity index (χ0) is 9.84. The minimum Gasteiger partial charge on any atom is -0.481 e. The minimum atomic E-state index is -0.784. The van der Waals surface area contributed by atoms with Crippen molar-refractivity contribution in [2.75, 3.05) is 5.73 Å². The summed E-state index contributed by atoms with van der Waals surface area (Å²) in [6.45, 7) is 0. The maximum absolute atomic E-state index is 10.3. The Labute approximate surface area is 84.7 Å². The van der Waals surface area contributed by atoms with E-state index in [1.807, 2.05) is 12.1 Å². The Morgan fingerprint density at radius 1 is 1.54 bits per heavy atom. The number of rotatable bonds is 3. The smallest absolute Gasteiger partial charge is 0.303 e. The Morgan fingerprint density at radius 2 is 2.23 bits per heavy atom. The number of anilines is 1. The van der Waals surface area contributed by atoms with Crippen LogP contribution in [0.1, 0.15) is 12.0 Å². The Balaban J connectivity index is 2.68. The van der Waals surface area contributed by atoms with Crippen LogP contribution in [0.25, 0.3) is 0 Å². The first-order chi connectivity index (χ1) is 6.09. The number of nitrogens with two attached hydrogens (primary N) is 1. The van der Waals surface area contributed by atoms with Crippen LogP contribution in [0.3, 0.4) is 0 Å². The van der Waals surface area contributed by atoms with Gasteiger partial charge >= 0.3 is 5.97 Å². The van der Waals surface area contributed by atoms with Gasteiger partial charge in [-0.25, -0.2) is 0 Å². The molecule has 0 fully saturated rings. The predicted molar refractivity (Wildman–Crippen MR) is 54.5 cm³/mol. The summed E-state index contributed by atoms with van der Waals surface area (Å²) >= 11 is 3.28. The van der Waals surface area contributed by atoms with Gasteiger partial charge in [0.15, 0.2) is 0 Å². The Kier molecular flexibility index (Phi) is 3.31. The molecule has 4 heteroatoms. The summed E-state index contributed by atoms with van der Waals surface area (Å²) in [7, 11) is 0. The molecule has 0 atom stereocenters. The molecule has 0 saturated carbocycles. The number of carboxylic acids is 1. The summed E-state index contributed by atoms with van der Waals surface area (Å²) in [5.41, 5.74) is 7.22. The van der Waals surface area contributed by atoms with Crippen molar-refractivity contribution < 1.29 is 9.90 Å². The zero-order valence-corrected chi connectivity index (χ0v) is 8.54. The predicted octanol–water partition coefficient (Wildman–Crippen LogP) is 2.05. The van der Waals surface area contributed by atoms with Crippen LogP contribution in [0.15, 0.2) is 22.7 Å². The van der Waals surface area contributed by atoms with Gasteiger partial charge < -0.3 is 10.8 Å². The molecule has 0 spiro atoms. The fourth-order valence-corrected chi connectivity index (χ4v) is 1.40. The molecule has 0 heterocycles. The number of aryl methyl sites for hydroxylation is 1. The summed E-state index contributed by atoms with van der Waals surface area (Å²) in [5, 5.41) is 8.46. The van der Waals surface area contributed by atoms with Crippen LogP contribution < -0.4 is 5.73 Å². The minimum absolute atomic E-state index is 0.149. The lowest BCUT2D eigenvalue weighted by Crippen LogP contribution is -1.97. The van der Waals surface area contributed by atoms with Crippen LogP contribution >= 0.6 is 15.9 Å². The van der Waals surface area contributed by atoms with Crippen LogP contribution in [0, 0.1) is 0 Å². The summed E-state index contributed by atoms with van der Waals surface area (Å²) in [6, 6.07) is 5.45. The van der Waals surface area contributed by atoms with E-state index in [0.717, 1.165) is 10.0 Å². The molecule has 0 aliphatic rings. The molecule has 3 nitrogen and oxygen atoms in total. The maximum atomic E-state index is 10.3. The number of aliphatic carboxylic acids is 1. The molecule has 0 aliphatic heterocycles. The van der Waals surface area contributed by atoms with Crippen LogP contribution in [-0.4, -0.2) is 11.1 Å². The lowest BCUT2D eigenvalue weighted by Gasteiger charge is -2.01. The van der Waals surface area contributed by atoms with E-state index in [0.29, 0.717) is 12.1 Å². The van der Waals surface area contributed by atoms with E-state index in [1.54, 1.807) is 6.07 Å². The van der Waals surface area contributed by atoms with Crippen LogP contribution in [-0.2, 0) is 11.2 Å². The normalized spacial score (nSPS) is 9.92. The summed E-state index contributed by atoms with van der Waals surface area (Å²) < 4.78 is 0.815. The molecule has 70 valence electrons. The number of carbonyl (C=O) groups is 1. The first kappa shape index (κ1) is 10.1. The van der Waals surface area contributed by atoms with E-state index >= 15 is 0 Å². The maximum Gasteiger partial charge on any atom is 0.303 e. The molecule has 0 bridgehead atoms. The summed E-state index contributed by atoms with van der Waals surface area (Å²) in [5.74, 6) is -0.784. The van der Waals surface area contributed by atoms with Gasteiger partial charge in [-0.3, -0.25) is 4.79 Å². The summed E-state index contributed by atoms with van der Waals surface area (Å²) in [6.07, 6.45) is 0.685. The number of hydrogen-bond donors (Lipinski definition) is 2. The first-order valence-corrected chi connectivity index (χ1v) is 4.64. The fraction of sp³-hybridized carbons (Fsp3) is 0.222. The van der Waals surface area contributed by atoms with Crippen molar-refractivity contribution in [2.45, 2.75) is 12.8 Å². The van der Waals surface area contributed by atoms with Crippen molar-refractivity contribution in [1.29, 1.82) is 0 Å². The average molecular weight is 244 g/mol. The van der Waals surface area contributed by atoms with Gasteiger partial charge in [0.05, 0.1) is 0 Å². The fourth-order valence-electron chi connectivity index (χ4n) is 0.977. The number of benzene rings is 1. The van der Waals surface area contributed by atoms with Gasteiger partial charge in [0, 0.05) is 16.6 Å². The highest BCUT2D eigenvalue weighted by Gasteiger charge is 2.01. The van der Waals surface area contributed by atoms with Crippen molar-refractivity contribution >= 4 is 27.6 Å². The highest BCUT2D eigenvalue weighted by atomic mass is 79.9. The van der Waals surface area contributed by atoms with E-state index in [9.17, 15) is 4.79 Å². The van der Waals surface area contributed by atoms with E-state index in [2.05, 4.69) is 15.9 Å². The quantitative estimate of drug-likeness (QED) is 0.800. The number of carboxylic acid groups (broad SMARTS) is 1. The van der Waals surface area contributed by atoms with Crippen LogP contribution in [0.5, 0.6) is 0 Å². The van der Waals surface area contributed by atoms with Gasteiger partial charge in [0.1, 0.15) is 0 Å². The largest absolute Gasteiger partial charge is 0.481 e. The number of hydrogen-bond acceptors (Lipinski definition) is 2. The van der Waals surface area contributed by atoms with Crippen molar-refractivity contribution in [3.05, 3.63) is 28.2 Å². The van der Waals surface area contributed by atoms with E-state index in [4.69, 9.17) is 10.8 Å². The molecule has 13 heavy (non-hydrogen) atoms. The number of nitrogen functional groups attached to an aromatic ring is 1. The topological polar surface area (TPSA) is 63.3 Å². The van der Waals surface area contributed by atoms with Gasteiger partial charge in [0.25, 0.3) is 0 Å². The highest BCUT2D eigenvalue weighted by molar-refractivity contribution is 9.10. The molecule has 1 aromatic carbocycles. The molecule has 0 aromatic heterocycles. The Morgan fingerprint density at radius 3 is 2.77 bits per heavy atom. The van der Waals surface area contributed by atoms with Gasteiger partial charge in [-0.1, -0.05) is 6.07 Å². The third-order valence-corrected chi connectivity index (χ3v) is 2.38. The molecule has 0 saturated heterocycles. The Bertz CT molecular complexity index is 325. The molecule has 0 amide bonds. The second kappa shape index (κ2) is 4.28. The highest BCUT2D eigenvalue weighted by Crippen LogP contribution is 2.20. The van der Waals surface area contributed by atoms with Crippen molar-refractivity contribution in [3.63, 3.8) is 0 Å². The lowest BCUT2D eigenvalue weighted by molar-refractivity contribution is -0.136. The van der Waals surface area contributed by atoms with Gasteiger partial charge in [0.2, 0.25) is 0 Å². The van der Waals surface area contributed by atoms with E-state index < -0.39 is 5.97 Å². The zero-order valence-electron chi connectivity index (χ0n) is 6.96. The molecule has 0 radical (unpaired) electrons. The van der Waals surface area contributed by atoms with E-state index in [1.165, 1.54) is 0 Å². The molecule has 0 aliphatic carbocycles. The molecule has 1 rings (SSSR count). The third-order valence-electron chi connectivity index (χ3n) is 1.69. The lowest BCUT2D eigenvalue weighted by atomic mass is 10.1. The first-order valence-electron chi connectivity index (χ1n) is 3.85. The third kappa shape index (κ3) is 3.06. The van der Waals surface area contributed by atoms with Crippen LogP contribution in [0.2, 0.25) is 0 Å². The Hall–Kier alpha value is -1.03. The second-order valence-electron chi connectivity index (χ2n) is 2.75. The summed E-state index contributed by atoms with van der Waals surface area (Å²) in [4.78, 5) is 10.3. The molecule has 1 aromatic rings. The molecular weight excluding hydrogens is 234 g/mol. The van der Waals surface area contributed by atoms with Gasteiger partial charge in [-0.05, 0) is 40.0 Å². The average Bonchev–Trinajstić information content (AvgIpc) is 2.07. The second-order valence-corrected chi connectivity index (χ2v) is 3.60. The molecular formula is C9H10BrNO2. The standard InChI is InChI=1S/C9H10BrNO2/c10-7-5-6(1-3-8(7)11)2-4-9(12)13/h1,3,5H,2,4,11H2,(H,12,13). The SMILES string of the molecule is Nc1ccc(CCC(=O)O)cc1Br. The monoisotopic (exact) mass is 243 g/mol. The molecule has 3 N–H and O–H groups in total. The number of halogens is 1. The molecule has 0 unspecified atom stereocenters. The van der Waals surface area contributed by atoms with Gasteiger partial charge in [-0.2, -0.15) is 0 Å². The van der Waals surface area contributed by atoms with Crippen LogP contribution in [0.4, 0.5) is 5.69 Å². The van der Waals surface area contributed by atoms with Gasteiger partial charge in [-0.15, -0.1) is 0 Å².